The summed E-state index contributed by atoms with van der Waals surface area (Å²) in [6.45, 7) is 0.234. The molecule has 0 heterocycles. The Hall–Kier alpha value is -2.42. The molecule has 28 heavy (non-hydrogen) atoms. The molecule has 0 radical (unpaired) electrons. The number of benzene rings is 2. The second-order valence-electron chi connectivity index (χ2n) is 6.18. The van der Waals surface area contributed by atoms with Crippen LogP contribution in [0.15, 0.2) is 53.4 Å². The molecule has 0 unspecified atom stereocenters. The molecule has 0 spiro atoms. The van der Waals surface area contributed by atoms with Crippen molar-refractivity contribution in [2.24, 2.45) is 0 Å². The summed E-state index contributed by atoms with van der Waals surface area (Å²) in [4.78, 5) is 24.2. The van der Waals surface area contributed by atoms with Gasteiger partial charge in [0.1, 0.15) is 0 Å². The molecule has 2 aromatic rings. The number of sulfonamides is 1. The van der Waals surface area contributed by atoms with Gasteiger partial charge in [0.05, 0.1) is 4.90 Å². The van der Waals surface area contributed by atoms with Crippen LogP contribution in [0.25, 0.3) is 0 Å². The van der Waals surface area contributed by atoms with Crippen molar-refractivity contribution in [1.29, 1.82) is 0 Å². The van der Waals surface area contributed by atoms with E-state index in [2.05, 4.69) is 10.6 Å². The van der Waals surface area contributed by atoms with E-state index in [1.54, 1.807) is 42.5 Å². The van der Waals surface area contributed by atoms with E-state index >= 15 is 0 Å². The zero-order valence-electron chi connectivity index (χ0n) is 15.6. The SMILES string of the molecule is CN(C)S(=O)(=O)c1ccccc1CNC(=O)CCNC(=O)c1ccc(Cl)cc1. The first kappa shape index (κ1) is 21.9. The number of nitrogens with zero attached hydrogens (tertiary/aromatic N) is 1. The highest BCUT2D eigenvalue weighted by Crippen LogP contribution is 2.18. The molecule has 0 saturated carbocycles. The Kier molecular flexibility index (Phi) is 7.56. The quantitative estimate of drug-likeness (QED) is 0.679. The van der Waals surface area contributed by atoms with Crippen molar-refractivity contribution in [3.05, 3.63) is 64.7 Å². The van der Waals surface area contributed by atoms with Gasteiger partial charge in [0.2, 0.25) is 15.9 Å². The molecular weight excluding hydrogens is 402 g/mol. The third-order valence-electron chi connectivity index (χ3n) is 3.95. The monoisotopic (exact) mass is 423 g/mol. The second kappa shape index (κ2) is 9.68. The molecular formula is C19H22ClN3O4S. The third-order valence-corrected chi connectivity index (χ3v) is 6.12. The van der Waals surface area contributed by atoms with Gasteiger partial charge in [-0.25, -0.2) is 12.7 Å². The van der Waals surface area contributed by atoms with Crippen molar-refractivity contribution >= 4 is 33.4 Å². The molecule has 2 N–H and O–H groups in total. The van der Waals surface area contributed by atoms with Crippen LogP contribution in [0.5, 0.6) is 0 Å². The van der Waals surface area contributed by atoms with Gasteiger partial charge in [-0.05, 0) is 35.9 Å². The topological polar surface area (TPSA) is 95.6 Å². The highest BCUT2D eigenvalue weighted by atomic mass is 35.5. The lowest BCUT2D eigenvalue weighted by atomic mass is 10.2. The maximum Gasteiger partial charge on any atom is 0.251 e. The van der Waals surface area contributed by atoms with Gasteiger partial charge in [0.25, 0.3) is 5.91 Å². The molecule has 2 rings (SSSR count). The van der Waals surface area contributed by atoms with Crippen LogP contribution >= 0.6 is 11.6 Å². The minimum atomic E-state index is -3.60. The number of halogens is 1. The van der Waals surface area contributed by atoms with Gasteiger partial charge in [-0.2, -0.15) is 0 Å². The number of hydrogen-bond acceptors (Lipinski definition) is 4. The predicted octanol–water partition coefficient (Wildman–Crippen LogP) is 2.03. The molecule has 9 heteroatoms. The van der Waals surface area contributed by atoms with E-state index in [1.807, 2.05) is 0 Å². The van der Waals surface area contributed by atoms with E-state index in [-0.39, 0.29) is 36.2 Å². The number of rotatable bonds is 8. The van der Waals surface area contributed by atoms with Crippen LogP contribution < -0.4 is 10.6 Å². The summed E-state index contributed by atoms with van der Waals surface area (Å²) in [5.74, 6) is -0.597. The molecule has 0 aromatic heterocycles. The average molecular weight is 424 g/mol. The molecule has 0 aliphatic heterocycles. The standard InChI is InChI=1S/C19H22ClN3O4S/c1-23(2)28(26,27)17-6-4-3-5-15(17)13-22-18(24)11-12-21-19(25)14-7-9-16(20)10-8-14/h3-10H,11-13H2,1-2H3,(H,21,25)(H,22,24). The van der Waals surface area contributed by atoms with Gasteiger partial charge in [-0.1, -0.05) is 29.8 Å². The van der Waals surface area contributed by atoms with E-state index in [1.165, 1.54) is 20.2 Å². The summed E-state index contributed by atoms with van der Waals surface area (Å²) in [7, 11) is -0.697. The Morgan fingerprint density at radius 3 is 2.29 bits per heavy atom. The first-order chi connectivity index (χ1) is 13.2. The van der Waals surface area contributed by atoms with Gasteiger partial charge in [-0.3, -0.25) is 9.59 Å². The van der Waals surface area contributed by atoms with Crippen LogP contribution in [0.4, 0.5) is 0 Å². The fourth-order valence-electron chi connectivity index (χ4n) is 2.37. The van der Waals surface area contributed by atoms with Crippen LogP contribution in [0.2, 0.25) is 5.02 Å². The van der Waals surface area contributed by atoms with Crippen LogP contribution in [0, 0.1) is 0 Å². The largest absolute Gasteiger partial charge is 0.352 e. The van der Waals surface area contributed by atoms with Crippen LogP contribution in [-0.2, 0) is 21.4 Å². The molecule has 2 aromatic carbocycles. The molecule has 7 nitrogen and oxygen atoms in total. The Bertz CT molecular complexity index is 944. The number of hydrogen-bond donors (Lipinski definition) is 2. The smallest absolute Gasteiger partial charge is 0.251 e. The van der Waals surface area contributed by atoms with Crippen molar-refractivity contribution in [1.82, 2.24) is 14.9 Å². The van der Waals surface area contributed by atoms with E-state index in [0.717, 1.165) is 4.31 Å². The lowest BCUT2D eigenvalue weighted by Gasteiger charge is -2.15. The lowest BCUT2D eigenvalue weighted by molar-refractivity contribution is -0.121. The fourth-order valence-corrected chi connectivity index (χ4v) is 3.61. The Morgan fingerprint density at radius 1 is 1.00 bits per heavy atom. The van der Waals surface area contributed by atoms with Gasteiger partial charge < -0.3 is 10.6 Å². The maximum atomic E-state index is 12.4. The zero-order chi connectivity index (χ0) is 20.7. The highest BCUT2D eigenvalue weighted by Gasteiger charge is 2.20. The Labute approximate surface area is 169 Å². The number of carbonyl (C=O) groups excluding carboxylic acids is 2. The van der Waals surface area contributed by atoms with E-state index in [4.69, 9.17) is 11.6 Å². The fraction of sp³-hybridized carbons (Fsp3) is 0.263. The summed E-state index contributed by atoms with van der Waals surface area (Å²) in [6, 6.07) is 12.9. The summed E-state index contributed by atoms with van der Waals surface area (Å²) >= 11 is 5.78. The van der Waals surface area contributed by atoms with E-state index in [9.17, 15) is 18.0 Å². The molecule has 0 atom stereocenters. The number of nitrogens with one attached hydrogen (secondary N) is 2. The van der Waals surface area contributed by atoms with Crippen molar-refractivity contribution in [3.63, 3.8) is 0 Å². The predicted molar refractivity (Wildman–Crippen MR) is 108 cm³/mol. The first-order valence-electron chi connectivity index (χ1n) is 8.52. The number of carbonyl (C=O) groups is 2. The normalized spacial score (nSPS) is 11.3. The van der Waals surface area contributed by atoms with E-state index < -0.39 is 10.0 Å². The molecule has 0 saturated heterocycles. The van der Waals surface area contributed by atoms with Crippen LogP contribution in [0.1, 0.15) is 22.3 Å². The van der Waals surface area contributed by atoms with Crippen molar-refractivity contribution in [3.8, 4) is 0 Å². The van der Waals surface area contributed by atoms with Gasteiger partial charge in [0.15, 0.2) is 0 Å². The Morgan fingerprint density at radius 2 is 1.64 bits per heavy atom. The first-order valence-corrected chi connectivity index (χ1v) is 10.3. The summed E-state index contributed by atoms with van der Waals surface area (Å²) in [5.41, 5.74) is 0.947. The van der Waals surface area contributed by atoms with Gasteiger partial charge in [0, 0.05) is 44.2 Å². The lowest BCUT2D eigenvalue weighted by Crippen LogP contribution is -2.31. The summed E-state index contributed by atoms with van der Waals surface area (Å²) in [5, 5.41) is 5.87. The zero-order valence-corrected chi connectivity index (χ0v) is 17.2. The van der Waals surface area contributed by atoms with Crippen LogP contribution in [0.3, 0.4) is 0 Å². The third kappa shape index (κ3) is 5.79. The molecule has 0 aliphatic rings. The minimum Gasteiger partial charge on any atom is -0.352 e. The minimum absolute atomic E-state index is 0.0714. The summed E-state index contributed by atoms with van der Waals surface area (Å²) in [6.07, 6.45) is 0.0714. The van der Waals surface area contributed by atoms with Gasteiger partial charge >= 0.3 is 0 Å². The average Bonchev–Trinajstić information content (AvgIpc) is 2.67. The van der Waals surface area contributed by atoms with Crippen molar-refractivity contribution in [2.75, 3.05) is 20.6 Å². The van der Waals surface area contributed by atoms with Crippen LogP contribution in [-0.4, -0.2) is 45.2 Å². The van der Waals surface area contributed by atoms with E-state index in [0.29, 0.717) is 16.1 Å². The Balaban J connectivity index is 1.87. The second-order valence-corrected chi connectivity index (χ2v) is 8.74. The molecule has 0 bridgehead atoms. The van der Waals surface area contributed by atoms with Gasteiger partial charge in [-0.15, -0.1) is 0 Å². The molecule has 150 valence electrons. The maximum absolute atomic E-state index is 12.4. The van der Waals surface area contributed by atoms with Crippen molar-refractivity contribution < 1.29 is 18.0 Å². The summed E-state index contributed by atoms with van der Waals surface area (Å²) < 4.78 is 25.8. The molecule has 0 fully saturated rings. The number of amides is 2. The highest BCUT2D eigenvalue weighted by molar-refractivity contribution is 7.89. The van der Waals surface area contributed by atoms with Crippen molar-refractivity contribution in [2.45, 2.75) is 17.9 Å². The molecule has 0 aliphatic carbocycles. The molecule has 2 amide bonds.